The average molecular weight is 290 g/mol. The molecule has 1 heterocycles. The van der Waals surface area contributed by atoms with Crippen LogP contribution in [-0.4, -0.2) is 43.3 Å². The fourth-order valence-electron chi connectivity index (χ4n) is 2.05. The third-order valence-electron chi connectivity index (χ3n) is 3.05. The summed E-state index contributed by atoms with van der Waals surface area (Å²) in [7, 11) is 1.66. The number of nitrogens with zero attached hydrogens (tertiary/aromatic N) is 2. The van der Waals surface area contributed by atoms with Crippen LogP contribution in [0.3, 0.4) is 0 Å². The molecule has 0 bridgehead atoms. The minimum Gasteiger partial charge on any atom is -0.383 e. The number of non-ortho nitro benzene ring substituents is 1. The lowest BCUT2D eigenvalue weighted by Crippen LogP contribution is -2.25. The lowest BCUT2D eigenvalue weighted by atomic mass is 10.1. The van der Waals surface area contributed by atoms with Gasteiger partial charge in [0.05, 0.1) is 11.5 Å². The molecule has 21 heavy (non-hydrogen) atoms. The van der Waals surface area contributed by atoms with Gasteiger partial charge in [0.25, 0.3) is 5.69 Å². The van der Waals surface area contributed by atoms with Crippen LogP contribution in [0.25, 0.3) is 10.9 Å². The summed E-state index contributed by atoms with van der Waals surface area (Å²) in [5, 5.41) is 18.3. The maximum Gasteiger partial charge on any atom is 0.295 e. The molecule has 0 aliphatic rings. The number of methoxy groups -OCH3 is 1. The number of nitro benzene ring substituents is 1. The highest BCUT2D eigenvalue weighted by atomic mass is 16.6. The van der Waals surface area contributed by atoms with E-state index >= 15 is 0 Å². The van der Waals surface area contributed by atoms with Crippen molar-refractivity contribution in [2.45, 2.75) is 0 Å². The number of rotatable bonds is 8. The van der Waals surface area contributed by atoms with Gasteiger partial charge < -0.3 is 15.4 Å². The molecule has 0 fully saturated rings. The number of pyridine rings is 1. The molecule has 0 saturated heterocycles. The van der Waals surface area contributed by atoms with Gasteiger partial charge in [0.2, 0.25) is 0 Å². The van der Waals surface area contributed by atoms with E-state index in [1.54, 1.807) is 19.4 Å². The van der Waals surface area contributed by atoms with E-state index in [2.05, 4.69) is 15.6 Å². The zero-order valence-electron chi connectivity index (χ0n) is 11.8. The van der Waals surface area contributed by atoms with Crippen LogP contribution in [0.5, 0.6) is 0 Å². The van der Waals surface area contributed by atoms with Crippen LogP contribution in [0.15, 0.2) is 30.5 Å². The standard InChI is InChI=1S/C14H18N4O3/c1-21-10-9-15-7-8-16-12-5-6-17-14-11(12)3-2-4-13(14)18(19)20/h2-6,15H,7-10H2,1H3,(H,16,17). The number of anilines is 1. The summed E-state index contributed by atoms with van der Waals surface area (Å²) in [5.74, 6) is 0. The van der Waals surface area contributed by atoms with Crippen molar-refractivity contribution in [1.82, 2.24) is 10.3 Å². The number of nitro groups is 1. The minimum absolute atomic E-state index is 0.0226. The highest BCUT2D eigenvalue weighted by molar-refractivity contribution is 5.96. The molecule has 0 aliphatic heterocycles. The Hall–Kier alpha value is -2.25. The molecule has 7 nitrogen and oxygen atoms in total. The maximum absolute atomic E-state index is 11.0. The van der Waals surface area contributed by atoms with E-state index in [4.69, 9.17) is 4.74 Å². The summed E-state index contributed by atoms with van der Waals surface area (Å²) < 4.78 is 4.94. The van der Waals surface area contributed by atoms with Gasteiger partial charge in [-0.2, -0.15) is 0 Å². The number of para-hydroxylation sites is 1. The van der Waals surface area contributed by atoms with Crippen LogP contribution >= 0.6 is 0 Å². The van der Waals surface area contributed by atoms with E-state index in [0.29, 0.717) is 18.7 Å². The molecule has 2 rings (SSSR count). The molecule has 0 saturated carbocycles. The molecular formula is C14H18N4O3. The third-order valence-corrected chi connectivity index (χ3v) is 3.05. The van der Waals surface area contributed by atoms with Crippen molar-refractivity contribution in [1.29, 1.82) is 0 Å². The highest BCUT2D eigenvalue weighted by Crippen LogP contribution is 2.28. The second-order valence-corrected chi connectivity index (χ2v) is 4.46. The zero-order chi connectivity index (χ0) is 15.1. The minimum atomic E-state index is -0.411. The van der Waals surface area contributed by atoms with Crippen molar-refractivity contribution >= 4 is 22.3 Å². The monoisotopic (exact) mass is 290 g/mol. The summed E-state index contributed by atoms with van der Waals surface area (Å²) >= 11 is 0. The molecule has 0 aliphatic carbocycles. The summed E-state index contributed by atoms with van der Waals surface area (Å²) in [6, 6.07) is 6.78. The number of benzene rings is 1. The first-order valence-corrected chi connectivity index (χ1v) is 6.69. The van der Waals surface area contributed by atoms with Crippen LogP contribution in [-0.2, 0) is 4.74 Å². The topological polar surface area (TPSA) is 89.3 Å². The Morgan fingerprint density at radius 1 is 1.29 bits per heavy atom. The largest absolute Gasteiger partial charge is 0.383 e. The Bertz CT molecular complexity index is 618. The number of hydrogen-bond donors (Lipinski definition) is 2. The number of fused-ring (bicyclic) bond motifs is 1. The summed E-state index contributed by atoms with van der Waals surface area (Å²) in [5.41, 5.74) is 1.27. The zero-order valence-corrected chi connectivity index (χ0v) is 11.8. The van der Waals surface area contributed by atoms with E-state index in [1.807, 2.05) is 12.1 Å². The van der Waals surface area contributed by atoms with Crippen molar-refractivity contribution in [2.24, 2.45) is 0 Å². The van der Waals surface area contributed by atoms with Crippen LogP contribution in [0, 0.1) is 10.1 Å². The Kier molecular flexibility index (Phi) is 5.42. The molecule has 0 spiro atoms. The Morgan fingerprint density at radius 2 is 2.14 bits per heavy atom. The summed E-state index contributed by atoms with van der Waals surface area (Å²) in [6.45, 7) is 2.96. The van der Waals surface area contributed by atoms with Crippen molar-refractivity contribution in [3.8, 4) is 0 Å². The van der Waals surface area contributed by atoms with E-state index in [0.717, 1.165) is 24.2 Å². The number of nitrogens with one attached hydrogen (secondary N) is 2. The predicted molar refractivity (Wildman–Crippen MR) is 81.6 cm³/mol. The number of hydrogen-bond acceptors (Lipinski definition) is 6. The lowest BCUT2D eigenvalue weighted by molar-refractivity contribution is -0.383. The molecule has 7 heteroatoms. The van der Waals surface area contributed by atoms with Crippen molar-refractivity contribution < 1.29 is 9.66 Å². The normalized spacial score (nSPS) is 10.7. The van der Waals surface area contributed by atoms with Crippen LogP contribution in [0.2, 0.25) is 0 Å². The van der Waals surface area contributed by atoms with E-state index in [-0.39, 0.29) is 5.69 Å². The van der Waals surface area contributed by atoms with Gasteiger partial charge in [-0.25, -0.2) is 4.98 Å². The first kappa shape index (κ1) is 15.1. The predicted octanol–water partition coefficient (Wildman–Crippen LogP) is 1.79. The molecule has 1 aromatic heterocycles. The van der Waals surface area contributed by atoms with Gasteiger partial charge in [0.1, 0.15) is 5.52 Å². The SMILES string of the molecule is COCCNCCNc1ccnc2c([N+](=O)[O-])cccc12. The van der Waals surface area contributed by atoms with Crippen LogP contribution in [0.4, 0.5) is 11.4 Å². The van der Waals surface area contributed by atoms with Crippen molar-refractivity contribution in [3.63, 3.8) is 0 Å². The first-order valence-electron chi connectivity index (χ1n) is 6.69. The Balaban J connectivity index is 2.07. The van der Waals surface area contributed by atoms with Gasteiger partial charge in [-0.3, -0.25) is 10.1 Å². The van der Waals surface area contributed by atoms with Gasteiger partial charge in [-0.1, -0.05) is 12.1 Å². The number of ether oxygens (including phenoxy) is 1. The van der Waals surface area contributed by atoms with Crippen LogP contribution < -0.4 is 10.6 Å². The maximum atomic E-state index is 11.0. The number of aromatic nitrogens is 1. The molecule has 2 N–H and O–H groups in total. The second kappa shape index (κ2) is 7.51. The molecule has 0 amide bonds. The van der Waals surface area contributed by atoms with Crippen molar-refractivity contribution in [3.05, 3.63) is 40.6 Å². The molecule has 112 valence electrons. The molecule has 2 aromatic rings. The second-order valence-electron chi connectivity index (χ2n) is 4.46. The highest BCUT2D eigenvalue weighted by Gasteiger charge is 2.13. The van der Waals surface area contributed by atoms with Gasteiger partial charge in [0.15, 0.2) is 0 Å². The van der Waals surface area contributed by atoms with Gasteiger partial charge in [-0.15, -0.1) is 0 Å². The van der Waals surface area contributed by atoms with Crippen LogP contribution in [0.1, 0.15) is 0 Å². The van der Waals surface area contributed by atoms with Gasteiger partial charge in [-0.05, 0) is 6.07 Å². The average Bonchev–Trinajstić information content (AvgIpc) is 2.50. The van der Waals surface area contributed by atoms with Gasteiger partial charge in [0, 0.05) is 50.1 Å². The fraction of sp³-hybridized carbons (Fsp3) is 0.357. The van der Waals surface area contributed by atoms with E-state index in [9.17, 15) is 10.1 Å². The Morgan fingerprint density at radius 3 is 2.90 bits per heavy atom. The smallest absolute Gasteiger partial charge is 0.295 e. The quantitative estimate of drug-likeness (QED) is 0.438. The Labute approximate surface area is 122 Å². The third kappa shape index (κ3) is 3.87. The molecule has 0 radical (unpaired) electrons. The first-order chi connectivity index (χ1) is 10.2. The van der Waals surface area contributed by atoms with Crippen molar-refractivity contribution in [2.75, 3.05) is 38.7 Å². The molecule has 0 unspecified atom stereocenters. The van der Waals surface area contributed by atoms with E-state index in [1.165, 1.54) is 6.07 Å². The lowest BCUT2D eigenvalue weighted by Gasteiger charge is -2.10. The fourth-order valence-corrected chi connectivity index (χ4v) is 2.05. The molecule has 0 atom stereocenters. The van der Waals surface area contributed by atoms with Gasteiger partial charge >= 0.3 is 0 Å². The summed E-state index contributed by atoms with van der Waals surface area (Å²) in [4.78, 5) is 14.7. The summed E-state index contributed by atoms with van der Waals surface area (Å²) in [6.07, 6.45) is 1.58. The molecule has 1 aromatic carbocycles. The molecular weight excluding hydrogens is 272 g/mol. The van der Waals surface area contributed by atoms with E-state index < -0.39 is 4.92 Å².